The van der Waals surface area contributed by atoms with Crippen molar-refractivity contribution >= 4 is 17.5 Å². The number of carbonyl (C=O) groups excluding carboxylic acids is 2. The quantitative estimate of drug-likeness (QED) is 0.673. The van der Waals surface area contributed by atoms with Crippen molar-refractivity contribution in [2.75, 3.05) is 37.6 Å². The van der Waals surface area contributed by atoms with Crippen molar-refractivity contribution in [1.29, 1.82) is 0 Å². The molecule has 1 aliphatic carbocycles. The Morgan fingerprint density at radius 1 is 1.00 bits per heavy atom. The minimum Gasteiger partial charge on any atom is -0.468 e. The van der Waals surface area contributed by atoms with Crippen molar-refractivity contribution in [2.45, 2.75) is 44.2 Å². The molecule has 1 atom stereocenters. The molecule has 1 aliphatic heterocycles. The zero-order valence-corrected chi connectivity index (χ0v) is 18.3. The SMILES string of the molecule is O=C(NC[C@H](c1ccco1)N1CCN(c2ccccc2F)CC1)C(=O)NC1CCCCC1. The smallest absolute Gasteiger partial charge is 0.309 e. The molecule has 2 heterocycles. The molecule has 2 fully saturated rings. The van der Waals surface area contributed by atoms with Gasteiger partial charge in [-0.1, -0.05) is 31.4 Å². The third-order valence-electron chi connectivity index (χ3n) is 6.42. The molecule has 0 bridgehead atoms. The van der Waals surface area contributed by atoms with Crippen LogP contribution in [0.4, 0.5) is 10.1 Å². The van der Waals surface area contributed by atoms with Crippen LogP contribution in [0.5, 0.6) is 0 Å². The highest BCUT2D eigenvalue weighted by Crippen LogP contribution is 2.25. The summed E-state index contributed by atoms with van der Waals surface area (Å²) in [6.07, 6.45) is 6.84. The predicted molar refractivity (Wildman–Crippen MR) is 120 cm³/mol. The maximum Gasteiger partial charge on any atom is 0.309 e. The topological polar surface area (TPSA) is 77.8 Å². The first kappa shape index (κ1) is 22.3. The van der Waals surface area contributed by atoms with E-state index >= 15 is 0 Å². The van der Waals surface area contributed by atoms with Crippen LogP contribution in [0, 0.1) is 5.82 Å². The molecule has 32 heavy (non-hydrogen) atoms. The van der Waals surface area contributed by atoms with Crippen LogP contribution in [0.25, 0.3) is 0 Å². The molecule has 2 amide bonds. The second-order valence-corrected chi connectivity index (χ2v) is 8.52. The number of hydrogen-bond donors (Lipinski definition) is 2. The molecular weight excluding hydrogens is 411 g/mol. The lowest BCUT2D eigenvalue weighted by Crippen LogP contribution is -2.51. The fourth-order valence-electron chi connectivity index (χ4n) is 4.64. The van der Waals surface area contributed by atoms with Gasteiger partial charge in [-0.2, -0.15) is 0 Å². The first-order valence-electron chi connectivity index (χ1n) is 11.5. The molecule has 1 aromatic heterocycles. The van der Waals surface area contributed by atoms with E-state index in [1.807, 2.05) is 23.1 Å². The summed E-state index contributed by atoms with van der Waals surface area (Å²) in [5.41, 5.74) is 0.606. The van der Waals surface area contributed by atoms with E-state index in [-0.39, 0.29) is 24.4 Å². The number of rotatable bonds is 6. The Balaban J connectivity index is 1.33. The molecule has 4 rings (SSSR count). The molecule has 1 aromatic carbocycles. The van der Waals surface area contributed by atoms with Gasteiger partial charge in [0.2, 0.25) is 0 Å². The van der Waals surface area contributed by atoms with Crippen molar-refractivity contribution in [1.82, 2.24) is 15.5 Å². The first-order valence-corrected chi connectivity index (χ1v) is 11.5. The highest BCUT2D eigenvalue weighted by atomic mass is 19.1. The lowest BCUT2D eigenvalue weighted by molar-refractivity contribution is -0.139. The number of halogens is 1. The van der Waals surface area contributed by atoms with Crippen molar-refractivity contribution < 1.29 is 18.4 Å². The third-order valence-corrected chi connectivity index (χ3v) is 6.42. The standard InChI is InChI=1S/C24H31FN4O3/c25-19-9-4-5-10-20(19)28-12-14-29(15-13-28)21(22-11-6-16-32-22)17-26-23(30)24(31)27-18-7-2-1-3-8-18/h4-6,9-11,16,18,21H,1-3,7-8,12-15,17H2,(H,26,30)(H,27,31)/t21-/m1/s1. The summed E-state index contributed by atoms with van der Waals surface area (Å²) in [6.45, 7) is 2.96. The molecule has 2 aliphatic rings. The summed E-state index contributed by atoms with van der Waals surface area (Å²) in [7, 11) is 0. The van der Waals surface area contributed by atoms with Crippen LogP contribution in [-0.4, -0.2) is 55.5 Å². The molecule has 2 aromatic rings. The van der Waals surface area contributed by atoms with Gasteiger partial charge < -0.3 is 20.0 Å². The molecule has 8 heteroatoms. The Morgan fingerprint density at radius 3 is 2.44 bits per heavy atom. The molecule has 1 saturated carbocycles. The average molecular weight is 443 g/mol. The van der Waals surface area contributed by atoms with Crippen molar-refractivity contribution in [3.8, 4) is 0 Å². The zero-order chi connectivity index (χ0) is 22.3. The van der Waals surface area contributed by atoms with Crippen LogP contribution in [0.1, 0.15) is 43.9 Å². The van der Waals surface area contributed by atoms with Gasteiger partial charge in [0.15, 0.2) is 0 Å². The predicted octanol–water partition coefficient (Wildman–Crippen LogP) is 2.85. The summed E-state index contributed by atoms with van der Waals surface area (Å²) in [5, 5.41) is 5.64. The third kappa shape index (κ3) is 5.48. The molecule has 1 saturated heterocycles. The van der Waals surface area contributed by atoms with Gasteiger partial charge in [-0.25, -0.2) is 4.39 Å². The van der Waals surface area contributed by atoms with Crippen LogP contribution in [0.15, 0.2) is 47.1 Å². The highest BCUT2D eigenvalue weighted by molar-refractivity contribution is 6.35. The minimum absolute atomic E-state index is 0.0920. The van der Waals surface area contributed by atoms with Crippen molar-refractivity contribution in [3.05, 3.63) is 54.2 Å². The largest absolute Gasteiger partial charge is 0.468 e. The fraction of sp³-hybridized carbons (Fsp3) is 0.500. The zero-order valence-electron chi connectivity index (χ0n) is 18.3. The van der Waals surface area contributed by atoms with E-state index < -0.39 is 11.8 Å². The monoisotopic (exact) mass is 442 g/mol. The van der Waals surface area contributed by atoms with Gasteiger partial charge in [-0.15, -0.1) is 0 Å². The second-order valence-electron chi connectivity index (χ2n) is 8.52. The van der Waals surface area contributed by atoms with Crippen molar-refractivity contribution in [3.63, 3.8) is 0 Å². The number of furan rings is 1. The van der Waals surface area contributed by atoms with E-state index in [1.54, 1.807) is 18.4 Å². The summed E-state index contributed by atoms with van der Waals surface area (Å²) < 4.78 is 19.8. The van der Waals surface area contributed by atoms with E-state index in [0.29, 0.717) is 31.9 Å². The Hall–Kier alpha value is -2.87. The molecule has 7 nitrogen and oxygen atoms in total. The number of carbonyl (C=O) groups is 2. The molecular formula is C24H31FN4O3. The first-order chi connectivity index (χ1) is 15.6. The molecule has 0 spiro atoms. The Labute approximate surface area is 187 Å². The number of nitrogens with one attached hydrogen (secondary N) is 2. The second kappa shape index (κ2) is 10.6. The van der Waals surface area contributed by atoms with Crippen LogP contribution in [-0.2, 0) is 9.59 Å². The number of hydrogen-bond acceptors (Lipinski definition) is 5. The number of benzene rings is 1. The van der Waals surface area contributed by atoms with Gasteiger partial charge in [0.1, 0.15) is 11.6 Å². The number of anilines is 1. The van der Waals surface area contributed by atoms with Crippen LogP contribution in [0.3, 0.4) is 0 Å². The van der Waals surface area contributed by atoms with E-state index in [1.165, 1.54) is 12.5 Å². The highest BCUT2D eigenvalue weighted by Gasteiger charge is 2.29. The van der Waals surface area contributed by atoms with Crippen molar-refractivity contribution in [2.24, 2.45) is 0 Å². The normalized spacial score (nSPS) is 18.8. The summed E-state index contributed by atoms with van der Waals surface area (Å²) in [4.78, 5) is 29.0. The van der Waals surface area contributed by atoms with E-state index in [2.05, 4.69) is 15.5 Å². The van der Waals surface area contributed by atoms with E-state index in [0.717, 1.165) is 31.4 Å². The van der Waals surface area contributed by atoms with Gasteiger partial charge in [0, 0.05) is 38.8 Å². The lowest BCUT2D eigenvalue weighted by atomic mass is 9.95. The Bertz CT molecular complexity index is 890. The van der Waals surface area contributed by atoms with Gasteiger partial charge in [0.05, 0.1) is 18.0 Å². The number of nitrogens with zero attached hydrogens (tertiary/aromatic N) is 2. The Morgan fingerprint density at radius 2 is 1.75 bits per heavy atom. The molecule has 0 unspecified atom stereocenters. The minimum atomic E-state index is -0.614. The van der Waals surface area contributed by atoms with E-state index in [4.69, 9.17) is 4.42 Å². The molecule has 2 N–H and O–H groups in total. The van der Waals surface area contributed by atoms with Gasteiger partial charge >= 0.3 is 11.8 Å². The maximum atomic E-state index is 14.2. The Kier molecular flexibility index (Phi) is 7.42. The molecule has 172 valence electrons. The van der Waals surface area contributed by atoms with Crippen LogP contribution >= 0.6 is 0 Å². The lowest BCUT2D eigenvalue weighted by Gasteiger charge is -2.39. The van der Waals surface area contributed by atoms with Gasteiger partial charge in [0.25, 0.3) is 0 Å². The number of amides is 2. The van der Waals surface area contributed by atoms with Gasteiger partial charge in [-0.3, -0.25) is 14.5 Å². The fourth-order valence-corrected chi connectivity index (χ4v) is 4.64. The summed E-state index contributed by atoms with van der Waals surface area (Å²) >= 11 is 0. The average Bonchev–Trinajstić information content (AvgIpc) is 3.35. The van der Waals surface area contributed by atoms with Gasteiger partial charge in [-0.05, 0) is 37.1 Å². The maximum absolute atomic E-state index is 14.2. The van der Waals surface area contributed by atoms with Crippen LogP contribution in [0.2, 0.25) is 0 Å². The molecule has 0 radical (unpaired) electrons. The summed E-state index contributed by atoms with van der Waals surface area (Å²) in [6, 6.07) is 10.4. The number of para-hydroxylation sites is 1. The van der Waals surface area contributed by atoms with Crippen LogP contribution < -0.4 is 15.5 Å². The number of piperazine rings is 1. The van der Waals surface area contributed by atoms with E-state index in [9.17, 15) is 14.0 Å². The summed E-state index contributed by atoms with van der Waals surface area (Å²) in [5.74, 6) is -0.673.